The third-order valence-electron chi connectivity index (χ3n) is 2.82. The van der Waals surface area contributed by atoms with E-state index in [-0.39, 0.29) is 17.7 Å². The summed E-state index contributed by atoms with van der Waals surface area (Å²) in [5, 5.41) is 0.328. The van der Waals surface area contributed by atoms with Gasteiger partial charge < -0.3 is 9.57 Å². The molecule has 0 unspecified atom stereocenters. The quantitative estimate of drug-likeness (QED) is 0.814. The molecule has 0 atom stereocenters. The molecule has 0 radical (unpaired) electrons. The van der Waals surface area contributed by atoms with Gasteiger partial charge in [0.25, 0.3) is 5.91 Å². The second-order valence-corrected chi connectivity index (χ2v) is 4.41. The van der Waals surface area contributed by atoms with Crippen molar-refractivity contribution in [1.29, 1.82) is 0 Å². The van der Waals surface area contributed by atoms with Crippen LogP contribution in [0.1, 0.15) is 27.6 Å². The molecule has 2 rings (SSSR count). The average molecular weight is 313 g/mol. The topological polar surface area (TPSA) is 72.9 Å². The van der Waals surface area contributed by atoms with Crippen LogP contribution in [0, 0.1) is 0 Å². The first-order chi connectivity index (χ1) is 11.1. The molecular formula is C17H15NO5. The molecule has 0 aliphatic carbocycles. The van der Waals surface area contributed by atoms with E-state index in [0.29, 0.717) is 5.06 Å². The first-order valence-electron chi connectivity index (χ1n) is 6.97. The van der Waals surface area contributed by atoms with Crippen molar-refractivity contribution in [3.63, 3.8) is 0 Å². The Morgan fingerprint density at radius 2 is 1.39 bits per heavy atom. The highest BCUT2D eigenvalue weighted by molar-refractivity contribution is 6.03. The van der Waals surface area contributed by atoms with Gasteiger partial charge in [0, 0.05) is 5.56 Å². The molecule has 0 heterocycles. The van der Waals surface area contributed by atoms with Gasteiger partial charge in [-0.1, -0.05) is 41.5 Å². The Morgan fingerprint density at radius 1 is 0.870 bits per heavy atom. The Hall–Kier alpha value is -3.15. The summed E-state index contributed by atoms with van der Waals surface area (Å²) in [7, 11) is 0. The Morgan fingerprint density at radius 3 is 1.91 bits per heavy atom. The Bertz CT molecular complexity index is 685. The zero-order valence-electron chi connectivity index (χ0n) is 12.5. The number of nitrogens with zero attached hydrogens (tertiary/aromatic N) is 1. The number of ether oxygens (including phenoxy) is 1. The largest absolute Gasteiger partial charge is 0.451 e. The SMILES string of the molecule is CCOC(=O)N(OC(=O)c1ccccc1)C(=O)c1ccccc1. The summed E-state index contributed by atoms with van der Waals surface area (Å²) in [5.74, 6) is -1.61. The van der Waals surface area contributed by atoms with Gasteiger partial charge in [-0.2, -0.15) is 0 Å². The predicted molar refractivity (Wildman–Crippen MR) is 81.5 cm³/mol. The van der Waals surface area contributed by atoms with Crippen molar-refractivity contribution in [3.8, 4) is 0 Å². The summed E-state index contributed by atoms with van der Waals surface area (Å²) in [5.41, 5.74) is 0.407. The number of hydroxylamine groups is 2. The molecule has 6 heteroatoms. The molecule has 2 amide bonds. The molecule has 0 saturated carbocycles. The minimum atomic E-state index is -1.05. The third-order valence-corrected chi connectivity index (χ3v) is 2.82. The smallest absolute Gasteiger partial charge is 0.447 e. The maximum atomic E-state index is 12.4. The Balaban J connectivity index is 2.23. The average Bonchev–Trinajstić information content (AvgIpc) is 2.60. The van der Waals surface area contributed by atoms with Crippen LogP contribution in [0.25, 0.3) is 0 Å². The van der Waals surface area contributed by atoms with Crippen molar-refractivity contribution in [2.45, 2.75) is 6.92 Å². The lowest BCUT2D eigenvalue weighted by molar-refractivity contribution is -0.0710. The third kappa shape index (κ3) is 4.16. The minimum absolute atomic E-state index is 0.0420. The standard InChI is InChI=1S/C17H15NO5/c1-2-22-17(21)18(15(19)13-9-5-3-6-10-13)23-16(20)14-11-7-4-8-12-14/h3-12H,2H2,1H3. The normalized spacial score (nSPS) is 9.78. The van der Waals surface area contributed by atoms with E-state index in [0.717, 1.165) is 0 Å². The van der Waals surface area contributed by atoms with Gasteiger partial charge >= 0.3 is 12.1 Å². The van der Waals surface area contributed by atoms with Crippen molar-refractivity contribution in [2.24, 2.45) is 0 Å². The summed E-state index contributed by atoms with van der Waals surface area (Å²) in [6.45, 7) is 1.63. The lowest BCUT2D eigenvalue weighted by atomic mass is 10.2. The molecule has 0 aromatic heterocycles. The van der Waals surface area contributed by atoms with Crippen LogP contribution >= 0.6 is 0 Å². The van der Waals surface area contributed by atoms with E-state index in [9.17, 15) is 14.4 Å². The number of hydrogen-bond donors (Lipinski definition) is 0. The van der Waals surface area contributed by atoms with Crippen LogP contribution in [0.4, 0.5) is 4.79 Å². The van der Waals surface area contributed by atoms with Gasteiger partial charge in [-0.15, -0.1) is 0 Å². The van der Waals surface area contributed by atoms with Crippen molar-refractivity contribution in [2.75, 3.05) is 6.61 Å². The predicted octanol–water partition coefficient (Wildman–Crippen LogP) is 3.06. The van der Waals surface area contributed by atoms with Gasteiger partial charge in [0.1, 0.15) is 0 Å². The highest BCUT2D eigenvalue weighted by atomic mass is 16.8. The maximum Gasteiger partial charge on any atom is 0.451 e. The molecule has 6 nitrogen and oxygen atoms in total. The lowest BCUT2D eigenvalue weighted by Crippen LogP contribution is -2.39. The number of hydrogen-bond acceptors (Lipinski definition) is 5. The van der Waals surface area contributed by atoms with Crippen LogP contribution in [0.15, 0.2) is 60.7 Å². The molecule has 23 heavy (non-hydrogen) atoms. The molecule has 0 bridgehead atoms. The first kappa shape index (κ1) is 16.2. The van der Waals surface area contributed by atoms with Gasteiger partial charge in [-0.05, 0) is 31.2 Å². The van der Waals surface area contributed by atoms with E-state index in [2.05, 4.69) is 0 Å². The van der Waals surface area contributed by atoms with Crippen LogP contribution < -0.4 is 0 Å². The maximum absolute atomic E-state index is 12.4. The molecule has 0 aliphatic rings. The second-order valence-electron chi connectivity index (χ2n) is 4.41. The Labute approximate surface area is 133 Å². The lowest BCUT2D eigenvalue weighted by Gasteiger charge is -2.18. The monoisotopic (exact) mass is 313 g/mol. The number of imide groups is 1. The van der Waals surface area contributed by atoms with Gasteiger partial charge in [0.05, 0.1) is 12.2 Å². The highest BCUT2D eigenvalue weighted by Gasteiger charge is 2.29. The summed E-state index contributed by atoms with van der Waals surface area (Å²) in [6.07, 6.45) is -1.05. The summed E-state index contributed by atoms with van der Waals surface area (Å²) in [6, 6.07) is 16.0. The zero-order valence-corrected chi connectivity index (χ0v) is 12.5. The van der Waals surface area contributed by atoms with E-state index in [1.54, 1.807) is 43.3 Å². The molecular weight excluding hydrogens is 298 g/mol. The van der Waals surface area contributed by atoms with E-state index in [4.69, 9.17) is 9.57 Å². The number of benzene rings is 2. The second kappa shape index (κ2) is 7.74. The van der Waals surface area contributed by atoms with Crippen LogP contribution in [-0.2, 0) is 9.57 Å². The van der Waals surface area contributed by atoms with Gasteiger partial charge in [0.15, 0.2) is 0 Å². The van der Waals surface area contributed by atoms with Crippen molar-refractivity contribution in [3.05, 3.63) is 71.8 Å². The molecule has 0 saturated heterocycles. The molecule has 118 valence electrons. The molecule has 0 aliphatic heterocycles. The summed E-state index contributed by atoms with van der Waals surface area (Å²) in [4.78, 5) is 41.3. The molecule has 0 spiro atoms. The van der Waals surface area contributed by atoms with Crippen LogP contribution in [-0.4, -0.2) is 29.6 Å². The molecule has 2 aromatic rings. The Kier molecular flexibility index (Phi) is 5.46. The molecule has 0 fully saturated rings. The van der Waals surface area contributed by atoms with Crippen molar-refractivity contribution < 1.29 is 24.0 Å². The first-order valence-corrected chi connectivity index (χ1v) is 6.97. The highest BCUT2D eigenvalue weighted by Crippen LogP contribution is 2.10. The fourth-order valence-electron chi connectivity index (χ4n) is 1.75. The van der Waals surface area contributed by atoms with Crippen LogP contribution in [0.5, 0.6) is 0 Å². The van der Waals surface area contributed by atoms with Gasteiger partial charge in [-0.3, -0.25) is 4.79 Å². The minimum Gasteiger partial charge on any atom is -0.447 e. The van der Waals surface area contributed by atoms with E-state index in [1.165, 1.54) is 24.3 Å². The summed E-state index contributed by atoms with van der Waals surface area (Å²) < 4.78 is 4.77. The number of amides is 2. The van der Waals surface area contributed by atoms with E-state index < -0.39 is 18.0 Å². The van der Waals surface area contributed by atoms with Crippen molar-refractivity contribution in [1.82, 2.24) is 5.06 Å². The fraction of sp³-hybridized carbons (Fsp3) is 0.118. The number of rotatable bonds is 3. The van der Waals surface area contributed by atoms with E-state index in [1.807, 2.05) is 0 Å². The van der Waals surface area contributed by atoms with Gasteiger partial charge in [0.2, 0.25) is 0 Å². The molecule has 2 aromatic carbocycles. The fourth-order valence-corrected chi connectivity index (χ4v) is 1.75. The van der Waals surface area contributed by atoms with Crippen molar-refractivity contribution >= 4 is 18.0 Å². The zero-order chi connectivity index (χ0) is 16.7. The van der Waals surface area contributed by atoms with Crippen LogP contribution in [0.2, 0.25) is 0 Å². The van der Waals surface area contributed by atoms with E-state index >= 15 is 0 Å². The van der Waals surface area contributed by atoms with Crippen LogP contribution in [0.3, 0.4) is 0 Å². The molecule has 0 N–H and O–H groups in total. The van der Waals surface area contributed by atoms with Gasteiger partial charge in [-0.25, -0.2) is 9.59 Å². The number of carbonyl (C=O) groups is 3. The summed E-state index contributed by atoms with van der Waals surface area (Å²) >= 11 is 0. The number of carbonyl (C=O) groups excluding carboxylic acids is 3.